The van der Waals surface area contributed by atoms with E-state index in [2.05, 4.69) is 101 Å². The minimum Gasteiger partial charge on any atom is -0.457 e. The molecule has 0 aliphatic carbocycles. The molecule has 3 aromatic rings. The van der Waals surface area contributed by atoms with Crippen LogP contribution in [0.1, 0.15) is 26.3 Å². The number of hydrogen-bond acceptors (Lipinski definition) is 1. The number of fused-ring (bicyclic) bond motifs is 1. The van der Waals surface area contributed by atoms with E-state index in [1.807, 2.05) is 0 Å². The summed E-state index contributed by atoms with van der Waals surface area (Å²) in [5, 5.41) is 3.79. The number of hydrogen-bond donors (Lipinski definition) is 0. The molecule has 130 valence electrons. The molecule has 3 aromatic carbocycles. The van der Waals surface area contributed by atoms with Crippen molar-refractivity contribution in [3.8, 4) is 11.5 Å². The van der Waals surface area contributed by atoms with Gasteiger partial charge in [0.1, 0.15) is 11.5 Å². The monoisotopic (exact) mass is 348 g/mol. The number of ether oxygens (including phenoxy) is 1. The Bertz CT molecular complexity index is 881. The maximum atomic E-state index is 6.45. The normalized spacial score (nSPS) is 12.4. The van der Waals surface area contributed by atoms with Crippen molar-refractivity contribution in [2.75, 3.05) is 0 Å². The minimum atomic E-state index is -1.51. The van der Waals surface area contributed by atoms with Crippen LogP contribution in [0.25, 0.3) is 10.8 Å². The lowest BCUT2D eigenvalue weighted by molar-refractivity contribution is 0.490. The summed E-state index contributed by atoms with van der Waals surface area (Å²) in [4.78, 5) is 0. The van der Waals surface area contributed by atoms with Crippen LogP contribution in [-0.2, 0) is 5.41 Å². The fraction of sp³-hybridized carbons (Fsp3) is 0.304. The molecule has 0 N–H and O–H groups in total. The SMILES string of the molecule is CC(C)(C)c1ccc(Oc2c([Si](C)(C)C)ccc3ccccc23)cc1. The topological polar surface area (TPSA) is 9.23 Å². The first-order chi connectivity index (χ1) is 11.7. The summed E-state index contributed by atoms with van der Waals surface area (Å²) in [5.74, 6) is 1.93. The van der Waals surface area contributed by atoms with Crippen LogP contribution in [0, 0.1) is 0 Å². The van der Waals surface area contributed by atoms with Gasteiger partial charge in [-0.15, -0.1) is 0 Å². The maximum absolute atomic E-state index is 6.45. The second-order valence-electron chi connectivity index (χ2n) is 8.79. The van der Waals surface area contributed by atoms with Gasteiger partial charge >= 0.3 is 0 Å². The number of benzene rings is 3. The van der Waals surface area contributed by atoms with Crippen LogP contribution in [0.3, 0.4) is 0 Å². The van der Waals surface area contributed by atoms with E-state index in [0.717, 1.165) is 11.5 Å². The van der Waals surface area contributed by atoms with E-state index >= 15 is 0 Å². The molecule has 0 aromatic heterocycles. The van der Waals surface area contributed by atoms with Gasteiger partial charge in [0.15, 0.2) is 0 Å². The Labute approximate surface area is 152 Å². The molecule has 3 rings (SSSR count). The predicted octanol–water partition coefficient (Wildman–Crippen LogP) is 6.47. The third kappa shape index (κ3) is 3.79. The lowest BCUT2D eigenvalue weighted by atomic mass is 9.87. The van der Waals surface area contributed by atoms with Gasteiger partial charge in [0.25, 0.3) is 0 Å². The van der Waals surface area contributed by atoms with E-state index in [-0.39, 0.29) is 5.41 Å². The van der Waals surface area contributed by atoms with Crippen molar-refractivity contribution in [2.45, 2.75) is 45.8 Å². The van der Waals surface area contributed by atoms with E-state index < -0.39 is 8.07 Å². The molecule has 0 fully saturated rings. The van der Waals surface area contributed by atoms with Gasteiger partial charge in [0.05, 0.1) is 8.07 Å². The van der Waals surface area contributed by atoms with Gasteiger partial charge in [-0.05, 0) is 33.7 Å². The zero-order chi connectivity index (χ0) is 18.2. The second-order valence-corrected chi connectivity index (χ2v) is 13.8. The van der Waals surface area contributed by atoms with Gasteiger partial charge in [-0.1, -0.05) is 88.9 Å². The van der Waals surface area contributed by atoms with Crippen molar-refractivity contribution in [1.29, 1.82) is 0 Å². The Morgan fingerprint density at radius 3 is 2.00 bits per heavy atom. The highest BCUT2D eigenvalue weighted by molar-refractivity contribution is 6.89. The van der Waals surface area contributed by atoms with Gasteiger partial charge in [-0.2, -0.15) is 0 Å². The molecule has 25 heavy (non-hydrogen) atoms. The second kappa shape index (κ2) is 6.34. The van der Waals surface area contributed by atoms with E-state index in [0.29, 0.717) is 0 Å². The van der Waals surface area contributed by atoms with E-state index in [4.69, 9.17) is 4.74 Å². The molecule has 0 unspecified atom stereocenters. The largest absolute Gasteiger partial charge is 0.457 e. The average molecular weight is 349 g/mol. The van der Waals surface area contributed by atoms with Crippen molar-refractivity contribution >= 4 is 24.0 Å². The Morgan fingerprint density at radius 2 is 1.40 bits per heavy atom. The van der Waals surface area contributed by atoms with Crippen LogP contribution in [0.5, 0.6) is 11.5 Å². The zero-order valence-electron chi connectivity index (χ0n) is 16.2. The molecule has 0 aliphatic heterocycles. The van der Waals surface area contributed by atoms with Crippen molar-refractivity contribution in [1.82, 2.24) is 0 Å². The molecular weight excluding hydrogens is 320 g/mol. The van der Waals surface area contributed by atoms with Crippen LogP contribution >= 0.6 is 0 Å². The lowest BCUT2D eigenvalue weighted by Gasteiger charge is -2.23. The van der Waals surface area contributed by atoms with Crippen molar-refractivity contribution in [3.05, 3.63) is 66.2 Å². The van der Waals surface area contributed by atoms with E-state index in [1.165, 1.54) is 21.5 Å². The quantitative estimate of drug-likeness (QED) is 0.493. The van der Waals surface area contributed by atoms with Crippen LogP contribution in [0.2, 0.25) is 19.6 Å². The zero-order valence-corrected chi connectivity index (χ0v) is 17.2. The van der Waals surface area contributed by atoms with E-state index in [1.54, 1.807) is 0 Å². The van der Waals surface area contributed by atoms with Gasteiger partial charge in [0.2, 0.25) is 0 Å². The summed E-state index contributed by atoms with van der Waals surface area (Å²) in [7, 11) is -1.51. The highest BCUT2D eigenvalue weighted by Gasteiger charge is 2.23. The highest BCUT2D eigenvalue weighted by atomic mass is 28.3. The molecule has 0 atom stereocenters. The molecule has 2 heteroatoms. The molecule has 0 saturated carbocycles. The van der Waals surface area contributed by atoms with Crippen LogP contribution in [0.4, 0.5) is 0 Å². The van der Waals surface area contributed by atoms with Gasteiger partial charge in [-0.3, -0.25) is 0 Å². The van der Waals surface area contributed by atoms with Crippen molar-refractivity contribution in [2.24, 2.45) is 0 Å². The molecule has 0 amide bonds. The summed E-state index contributed by atoms with van der Waals surface area (Å²) in [6.07, 6.45) is 0. The highest BCUT2D eigenvalue weighted by Crippen LogP contribution is 2.32. The van der Waals surface area contributed by atoms with Gasteiger partial charge in [0, 0.05) is 5.39 Å². The summed E-state index contributed by atoms with van der Waals surface area (Å²) in [5.41, 5.74) is 1.48. The summed E-state index contributed by atoms with van der Waals surface area (Å²) < 4.78 is 6.45. The van der Waals surface area contributed by atoms with Gasteiger partial charge in [-0.25, -0.2) is 0 Å². The molecular formula is C23H28OSi. The summed E-state index contributed by atoms with van der Waals surface area (Å²) >= 11 is 0. The molecule has 0 spiro atoms. The van der Waals surface area contributed by atoms with Crippen LogP contribution < -0.4 is 9.92 Å². The molecule has 0 heterocycles. The Kier molecular flexibility index (Phi) is 4.50. The maximum Gasteiger partial charge on any atom is 0.134 e. The average Bonchev–Trinajstić information content (AvgIpc) is 2.53. The van der Waals surface area contributed by atoms with Crippen molar-refractivity contribution < 1.29 is 4.74 Å². The Balaban J connectivity index is 2.08. The molecule has 0 aliphatic rings. The number of rotatable bonds is 3. The molecule has 1 nitrogen and oxygen atoms in total. The van der Waals surface area contributed by atoms with Gasteiger partial charge < -0.3 is 4.74 Å². The fourth-order valence-corrected chi connectivity index (χ4v) is 4.53. The standard InChI is InChI=1S/C23H28OSi/c1-23(2,3)18-12-14-19(15-13-18)24-22-20-10-8-7-9-17(20)11-16-21(22)25(4,5)6/h7-16H,1-6H3. The van der Waals surface area contributed by atoms with Crippen LogP contribution in [0.15, 0.2) is 60.7 Å². The van der Waals surface area contributed by atoms with Crippen molar-refractivity contribution in [3.63, 3.8) is 0 Å². The molecule has 0 radical (unpaired) electrons. The summed E-state index contributed by atoms with van der Waals surface area (Å²) in [6, 6.07) is 21.5. The minimum absolute atomic E-state index is 0.154. The Hall–Kier alpha value is -2.06. The third-order valence-electron chi connectivity index (χ3n) is 4.63. The van der Waals surface area contributed by atoms with E-state index in [9.17, 15) is 0 Å². The first-order valence-electron chi connectivity index (χ1n) is 8.97. The molecule has 0 bridgehead atoms. The predicted molar refractivity (Wildman–Crippen MR) is 112 cm³/mol. The third-order valence-corrected chi connectivity index (χ3v) is 6.64. The Morgan fingerprint density at radius 1 is 0.760 bits per heavy atom. The fourth-order valence-electron chi connectivity index (χ4n) is 3.08. The molecule has 0 saturated heterocycles. The summed E-state index contributed by atoms with van der Waals surface area (Å²) in [6.45, 7) is 13.8. The first kappa shape index (κ1) is 17.8. The smallest absolute Gasteiger partial charge is 0.134 e. The first-order valence-corrected chi connectivity index (χ1v) is 12.5. The van der Waals surface area contributed by atoms with Crippen LogP contribution in [-0.4, -0.2) is 8.07 Å². The lowest BCUT2D eigenvalue weighted by Crippen LogP contribution is -2.38.